The molecule has 1 atom stereocenters. The number of hydrogen-bond acceptors (Lipinski definition) is 13. The summed E-state index contributed by atoms with van der Waals surface area (Å²) >= 11 is 8.75. The van der Waals surface area contributed by atoms with Crippen molar-refractivity contribution in [2.45, 2.75) is 42.5 Å². The van der Waals surface area contributed by atoms with Gasteiger partial charge in [0.15, 0.2) is 0 Å². The summed E-state index contributed by atoms with van der Waals surface area (Å²) in [4.78, 5) is 54.9. The number of aliphatic carboxylic acids is 2. The summed E-state index contributed by atoms with van der Waals surface area (Å²) in [6, 6.07) is 16.7. The maximum Gasteiger partial charge on any atom is 0.326 e. The number of esters is 1. The Morgan fingerprint density at radius 2 is 1.63 bits per heavy atom. The van der Waals surface area contributed by atoms with E-state index in [-0.39, 0.29) is 49.4 Å². The molecule has 0 spiro atoms. The van der Waals surface area contributed by atoms with Crippen LogP contribution >= 0.6 is 34.7 Å². The highest BCUT2D eigenvalue weighted by Crippen LogP contribution is 2.37. The predicted octanol–water partition coefficient (Wildman–Crippen LogP) is 5.28. The summed E-state index contributed by atoms with van der Waals surface area (Å²) in [6.45, 7) is -0.187. The number of thiazole rings is 1. The van der Waals surface area contributed by atoms with Gasteiger partial charge < -0.3 is 30.7 Å². The summed E-state index contributed by atoms with van der Waals surface area (Å²) in [6.07, 6.45) is -1.40. The van der Waals surface area contributed by atoms with Gasteiger partial charge in [-0.15, -0.1) is 11.3 Å². The molecule has 51 heavy (non-hydrogen) atoms. The Kier molecular flexibility index (Phi) is 13.7. The third-order valence-corrected chi connectivity index (χ3v) is 9.21. The molecule has 0 aliphatic heterocycles. The van der Waals surface area contributed by atoms with Gasteiger partial charge in [-0.25, -0.2) is 14.8 Å². The number of carbonyl (C=O) groups is 4. The van der Waals surface area contributed by atoms with Crippen molar-refractivity contribution in [1.82, 2.24) is 15.3 Å². The number of nitrogens with one attached hydrogen (secondary N) is 1. The minimum atomic E-state index is -1.38. The van der Waals surface area contributed by atoms with Crippen molar-refractivity contribution in [3.8, 4) is 39.6 Å². The van der Waals surface area contributed by atoms with Gasteiger partial charge in [0.1, 0.15) is 58.6 Å². The number of nitrogens with zero attached hydrogens (tertiary/aromatic N) is 4. The fourth-order valence-corrected chi connectivity index (χ4v) is 6.49. The number of anilines is 1. The van der Waals surface area contributed by atoms with Crippen LogP contribution in [0.4, 0.5) is 5.82 Å². The number of hydrogen-bond donors (Lipinski definition) is 4. The summed E-state index contributed by atoms with van der Waals surface area (Å²) in [5, 5.41) is 43.9. The van der Waals surface area contributed by atoms with Gasteiger partial charge in [-0.1, -0.05) is 47.6 Å². The molecule has 0 radical (unpaired) electrons. The predicted molar refractivity (Wildman–Crippen MR) is 188 cm³/mol. The van der Waals surface area contributed by atoms with E-state index in [1.54, 1.807) is 36.4 Å². The molecule has 0 unspecified atom stereocenters. The minimum Gasteiger partial charge on any atom is -0.490 e. The lowest BCUT2D eigenvalue weighted by atomic mass is 9.97. The third kappa shape index (κ3) is 10.9. The van der Waals surface area contributed by atoms with Gasteiger partial charge in [0.05, 0.1) is 17.7 Å². The van der Waals surface area contributed by atoms with Gasteiger partial charge in [-0.2, -0.15) is 10.5 Å². The topological polar surface area (TPSA) is 239 Å². The highest BCUT2D eigenvalue weighted by Gasteiger charge is 2.23. The first-order chi connectivity index (χ1) is 24.5. The Labute approximate surface area is 304 Å². The van der Waals surface area contributed by atoms with E-state index in [0.29, 0.717) is 32.7 Å². The van der Waals surface area contributed by atoms with Crippen LogP contribution in [-0.4, -0.2) is 63.3 Å². The zero-order valence-corrected chi connectivity index (χ0v) is 29.0. The number of nitrogens with two attached hydrogens (primary N) is 1. The van der Waals surface area contributed by atoms with E-state index < -0.39 is 36.3 Å². The number of ether oxygens (including phenoxy) is 2. The fourth-order valence-electron chi connectivity index (χ4n) is 4.54. The SMILES string of the molecule is N#Cc1c(N)nc(SCc2csc(-c3ccc(Cl)cc3)n2)c(C#N)c1-c1ccc(OCCOC(=O)CC[C@H](NC(=O)CCC(=O)O)C(=O)O)cc1. The standard InChI is InChI=1S/C34H29ClN6O8S2/c35-21-5-1-20(2-6-21)32-39-22(17-50-32)18-51-33-25(16-37)30(24(15-36)31(38)41-33)19-3-7-23(8-4-19)48-13-14-49-29(45)12-9-26(34(46)47)40-27(42)10-11-28(43)44/h1-8,17,26H,9-14,18H2,(H2,38,41)(H,40,42)(H,43,44)(H,46,47)/t26-/m0/s1. The number of pyridine rings is 1. The second-order valence-electron chi connectivity index (χ2n) is 10.6. The lowest BCUT2D eigenvalue weighted by Gasteiger charge is -2.14. The number of carboxylic acids is 2. The minimum absolute atomic E-state index is 0.0217. The number of aromatic nitrogens is 2. The van der Waals surface area contributed by atoms with Crippen molar-refractivity contribution < 1.29 is 38.9 Å². The van der Waals surface area contributed by atoms with E-state index in [1.807, 2.05) is 17.5 Å². The van der Waals surface area contributed by atoms with Gasteiger partial charge in [0.2, 0.25) is 5.91 Å². The van der Waals surface area contributed by atoms with Crippen molar-refractivity contribution in [3.63, 3.8) is 0 Å². The highest BCUT2D eigenvalue weighted by atomic mass is 35.5. The molecule has 1 amide bonds. The molecule has 4 rings (SSSR count). The zero-order chi connectivity index (χ0) is 36.9. The van der Waals surface area contributed by atoms with Crippen LogP contribution in [0.1, 0.15) is 42.5 Å². The van der Waals surface area contributed by atoms with E-state index in [1.165, 1.54) is 23.1 Å². The van der Waals surface area contributed by atoms with Crippen molar-refractivity contribution >= 4 is 64.3 Å². The number of rotatable bonds is 17. The van der Waals surface area contributed by atoms with Gasteiger partial charge in [0.25, 0.3) is 0 Å². The molecule has 262 valence electrons. The van der Waals surface area contributed by atoms with E-state index in [4.69, 9.17) is 31.9 Å². The third-order valence-electron chi connectivity index (χ3n) is 7.01. The molecule has 0 fully saturated rings. The van der Waals surface area contributed by atoms with E-state index in [2.05, 4.69) is 27.4 Å². The molecule has 0 saturated heterocycles. The number of benzene rings is 2. The first-order valence-electron chi connectivity index (χ1n) is 15.1. The number of halogens is 1. The van der Waals surface area contributed by atoms with Crippen molar-refractivity contribution in [2.24, 2.45) is 0 Å². The van der Waals surface area contributed by atoms with E-state index in [0.717, 1.165) is 16.3 Å². The first-order valence-corrected chi connectivity index (χ1v) is 17.3. The Hall–Kier alpha value is -5.68. The maximum atomic E-state index is 12.1. The monoisotopic (exact) mass is 748 g/mol. The zero-order valence-electron chi connectivity index (χ0n) is 26.6. The largest absolute Gasteiger partial charge is 0.490 e. The summed E-state index contributed by atoms with van der Waals surface area (Å²) in [7, 11) is 0. The second-order valence-corrected chi connectivity index (χ2v) is 12.8. The Morgan fingerprint density at radius 1 is 0.941 bits per heavy atom. The summed E-state index contributed by atoms with van der Waals surface area (Å²) in [5.41, 5.74) is 8.97. The molecule has 14 nitrogen and oxygen atoms in total. The number of nitrogen functional groups attached to an aromatic ring is 1. The van der Waals surface area contributed by atoms with Crippen LogP contribution in [0.3, 0.4) is 0 Å². The Bertz CT molecular complexity index is 1990. The normalized spacial score (nSPS) is 11.1. The molecule has 0 saturated carbocycles. The maximum absolute atomic E-state index is 12.1. The van der Waals surface area contributed by atoms with Crippen LogP contribution in [-0.2, 0) is 29.7 Å². The average Bonchev–Trinajstić information content (AvgIpc) is 3.59. The molecule has 2 aromatic heterocycles. The van der Waals surface area contributed by atoms with Gasteiger partial charge >= 0.3 is 17.9 Å². The molecule has 2 aromatic carbocycles. The molecule has 2 heterocycles. The van der Waals surface area contributed by atoms with Gasteiger partial charge in [0, 0.05) is 40.1 Å². The molecular formula is C34H29ClN6O8S2. The molecule has 5 N–H and O–H groups in total. The quantitative estimate of drug-likeness (QED) is 0.0611. The van der Waals surface area contributed by atoms with E-state index in [9.17, 15) is 34.8 Å². The number of amides is 1. The molecule has 0 aliphatic carbocycles. The molecule has 17 heteroatoms. The Morgan fingerprint density at radius 3 is 2.27 bits per heavy atom. The first kappa shape index (κ1) is 38.1. The van der Waals surface area contributed by atoms with Gasteiger partial charge in [-0.05, 0) is 36.2 Å². The molecule has 4 aromatic rings. The van der Waals surface area contributed by atoms with E-state index >= 15 is 0 Å². The molecule has 0 aliphatic rings. The lowest BCUT2D eigenvalue weighted by Crippen LogP contribution is -2.41. The smallest absolute Gasteiger partial charge is 0.326 e. The summed E-state index contributed by atoms with van der Waals surface area (Å²) in [5.74, 6) is -3.26. The number of nitriles is 2. The Balaban J connectivity index is 1.33. The number of carbonyl (C=O) groups excluding carboxylic acids is 2. The van der Waals surface area contributed by atoms with Crippen LogP contribution in [0.25, 0.3) is 21.7 Å². The van der Waals surface area contributed by atoms with Crippen LogP contribution in [0.15, 0.2) is 58.9 Å². The number of thioether (sulfide) groups is 1. The molecule has 0 bridgehead atoms. The number of carboxylic acid groups (broad SMARTS) is 2. The van der Waals surface area contributed by atoms with Crippen molar-refractivity contribution in [3.05, 3.63) is 75.8 Å². The molecular weight excluding hydrogens is 720 g/mol. The van der Waals surface area contributed by atoms with Crippen molar-refractivity contribution in [1.29, 1.82) is 10.5 Å². The van der Waals surface area contributed by atoms with Gasteiger partial charge in [-0.3, -0.25) is 14.4 Å². The van der Waals surface area contributed by atoms with Crippen LogP contribution < -0.4 is 15.8 Å². The lowest BCUT2D eigenvalue weighted by molar-refractivity contribution is -0.146. The summed E-state index contributed by atoms with van der Waals surface area (Å²) < 4.78 is 10.7. The average molecular weight is 749 g/mol. The van der Waals surface area contributed by atoms with Crippen LogP contribution in [0, 0.1) is 22.7 Å². The fraction of sp³-hybridized carbons (Fsp3) is 0.235. The van der Waals surface area contributed by atoms with Crippen LogP contribution in [0.2, 0.25) is 5.02 Å². The van der Waals surface area contributed by atoms with Crippen LogP contribution in [0.5, 0.6) is 5.75 Å². The van der Waals surface area contributed by atoms with Crippen molar-refractivity contribution in [2.75, 3.05) is 18.9 Å². The highest BCUT2D eigenvalue weighted by molar-refractivity contribution is 7.98. The second kappa shape index (κ2) is 18.4.